The van der Waals surface area contributed by atoms with Crippen LogP contribution in [-0.4, -0.2) is 25.6 Å². The minimum atomic E-state index is -0.548. The Morgan fingerprint density at radius 3 is 2.37 bits per heavy atom. The van der Waals surface area contributed by atoms with Gasteiger partial charge in [-0.15, -0.1) is 0 Å². The van der Waals surface area contributed by atoms with Crippen molar-refractivity contribution in [1.82, 2.24) is 0 Å². The lowest BCUT2D eigenvalue weighted by molar-refractivity contribution is -0.136. The third-order valence-corrected chi connectivity index (χ3v) is 4.61. The van der Waals surface area contributed by atoms with Gasteiger partial charge < -0.3 is 19.5 Å². The van der Waals surface area contributed by atoms with Crippen molar-refractivity contribution in [3.05, 3.63) is 82.9 Å². The number of amides is 1. The average molecular weight is 426 g/mol. The second-order valence-corrected chi connectivity index (χ2v) is 6.76. The van der Waals surface area contributed by atoms with Gasteiger partial charge in [0.25, 0.3) is 5.91 Å². The first kappa shape index (κ1) is 21.2. The van der Waals surface area contributed by atoms with E-state index in [0.29, 0.717) is 33.5 Å². The van der Waals surface area contributed by atoms with Gasteiger partial charge in [-0.25, -0.2) is 4.79 Å². The summed E-state index contributed by atoms with van der Waals surface area (Å²) in [7, 11) is 1.51. The third-order valence-electron chi connectivity index (χ3n) is 4.18. The van der Waals surface area contributed by atoms with Crippen LogP contribution in [-0.2, 0) is 4.79 Å². The van der Waals surface area contributed by atoms with Crippen LogP contribution in [0.15, 0.2) is 66.7 Å². The molecular weight excluding hydrogens is 406 g/mol. The SMILES string of the molecule is COc1ccccc1C(=O)Nc1ccc(OC(=O)COc2ccc(Cl)c(C)c2)cc1. The maximum Gasteiger partial charge on any atom is 0.349 e. The molecule has 0 aromatic heterocycles. The fraction of sp³-hybridized carbons (Fsp3) is 0.130. The van der Waals surface area contributed by atoms with Crippen molar-refractivity contribution < 1.29 is 23.8 Å². The molecule has 3 aromatic rings. The zero-order valence-corrected chi connectivity index (χ0v) is 17.2. The summed E-state index contributed by atoms with van der Waals surface area (Å²) >= 11 is 5.97. The maximum atomic E-state index is 12.4. The van der Waals surface area contributed by atoms with Crippen molar-refractivity contribution in [2.45, 2.75) is 6.92 Å². The molecule has 0 saturated heterocycles. The van der Waals surface area contributed by atoms with Gasteiger partial charge in [-0.1, -0.05) is 23.7 Å². The molecule has 1 N–H and O–H groups in total. The molecule has 0 aliphatic carbocycles. The van der Waals surface area contributed by atoms with Crippen LogP contribution >= 0.6 is 11.6 Å². The van der Waals surface area contributed by atoms with E-state index in [1.54, 1.807) is 66.7 Å². The highest BCUT2D eigenvalue weighted by atomic mass is 35.5. The van der Waals surface area contributed by atoms with Crippen LogP contribution in [0, 0.1) is 6.92 Å². The molecule has 0 unspecified atom stereocenters. The molecule has 0 heterocycles. The Morgan fingerprint density at radius 2 is 1.67 bits per heavy atom. The van der Waals surface area contributed by atoms with Crippen molar-refractivity contribution in [2.24, 2.45) is 0 Å². The molecule has 6 nitrogen and oxygen atoms in total. The summed E-state index contributed by atoms with van der Waals surface area (Å²) in [4.78, 5) is 24.4. The highest BCUT2D eigenvalue weighted by molar-refractivity contribution is 6.31. The number of hydrogen-bond acceptors (Lipinski definition) is 5. The van der Waals surface area contributed by atoms with Crippen LogP contribution in [0.25, 0.3) is 0 Å². The number of benzene rings is 3. The summed E-state index contributed by atoms with van der Waals surface area (Å²) in [5, 5.41) is 3.40. The molecule has 0 atom stereocenters. The molecule has 154 valence electrons. The number of para-hydroxylation sites is 1. The molecule has 3 aromatic carbocycles. The molecule has 1 amide bonds. The number of esters is 1. The van der Waals surface area contributed by atoms with E-state index in [-0.39, 0.29) is 12.5 Å². The lowest BCUT2D eigenvalue weighted by atomic mass is 10.2. The maximum absolute atomic E-state index is 12.4. The second-order valence-electron chi connectivity index (χ2n) is 6.35. The van der Waals surface area contributed by atoms with E-state index in [2.05, 4.69) is 5.32 Å². The predicted molar refractivity (Wildman–Crippen MR) is 115 cm³/mol. The largest absolute Gasteiger partial charge is 0.496 e. The number of anilines is 1. The summed E-state index contributed by atoms with van der Waals surface area (Å²) in [6, 6.07) is 18.5. The van der Waals surface area contributed by atoms with Crippen LogP contribution in [0.5, 0.6) is 17.2 Å². The van der Waals surface area contributed by atoms with Gasteiger partial charge in [0.2, 0.25) is 0 Å². The van der Waals surface area contributed by atoms with Crippen molar-refractivity contribution in [1.29, 1.82) is 0 Å². The monoisotopic (exact) mass is 425 g/mol. The Bertz CT molecular complexity index is 1050. The molecule has 0 aliphatic heterocycles. The molecule has 30 heavy (non-hydrogen) atoms. The lowest BCUT2D eigenvalue weighted by Crippen LogP contribution is -2.17. The van der Waals surface area contributed by atoms with E-state index in [0.717, 1.165) is 5.56 Å². The van der Waals surface area contributed by atoms with Crippen LogP contribution < -0.4 is 19.5 Å². The number of aryl methyl sites for hydroxylation is 1. The fourth-order valence-corrected chi connectivity index (χ4v) is 2.76. The standard InChI is InChI=1S/C23H20ClNO5/c1-15-13-18(11-12-20(15)24)29-14-22(26)30-17-9-7-16(8-10-17)25-23(27)19-5-3-4-6-21(19)28-2/h3-13H,14H2,1-2H3,(H,25,27). The van der Waals surface area contributed by atoms with Crippen molar-refractivity contribution >= 4 is 29.2 Å². The molecule has 0 spiro atoms. The minimum Gasteiger partial charge on any atom is -0.496 e. The average Bonchev–Trinajstić information content (AvgIpc) is 2.76. The first-order chi connectivity index (χ1) is 14.5. The zero-order valence-electron chi connectivity index (χ0n) is 16.5. The summed E-state index contributed by atoms with van der Waals surface area (Å²) in [6.45, 7) is 1.61. The number of ether oxygens (including phenoxy) is 3. The topological polar surface area (TPSA) is 73.9 Å². The number of rotatable bonds is 7. The Morgan fingerprint density at radius 1 is 0.967 bits per heavy atom. The van der Waals surface area contributed by atoms with Gasteiger partial charge >= 0.3 is 5.97 Å². The molecule has 0 fully saturated rings. The number of hydrogen-bond donors (Lipinski definition) is 1. The van der Waals surface area contributed by atoms with Gasteiger partial charge in [0.1, 0.15) is 17.2 Å². The Kier molecular flexibility index (Phi) is 6.93. The molecular formula is C23H20ClNO5. The van der Waals surface area contributed by atoms with Gasteiger partial charge in [0, 0.05) is 10.7 Å². The molecule has 7 heteroatoms. The van der Waals surface area contributed by atoms with E-state index < -0.39 is 5.97 Å². The Balaban J connectivity index is 1.54. The van der Waals surface area contributed by atoms with Crippen LogP contribution in [0.2, 0.25) is 5.02 Å². The summed E-state index contributed by atoms with van der Waals surface area (Å²) in [6.07, 6.45) is 0. The lowest BCUT2D eigenvalue weighted by Gasteiger charge is -2.10. The molecule has 0 aliphatic rings. The van der Waals surface area contributed by atoms with Crippen LogP contribution in [0.1, 0.15) is 15.9 Å². The normalized spacial score (nSPS) is 10.2. The van der Waals surface area contributed by atoms with Crippen LogP contribution in [0.3, 0.4) is 0 Å². The third kappa shape index (κ3) is 5.52. The predicted octanol–water partition coefficient (Wildman–Crippen LogP) is 4.89. The number of nitrogens with one attached hydrogen (secondary N) is 1. The number of carbonyl (C=O) groups excluding carboxylic acids is 2. The van der Waals surface area contributed by atoms with E-state index in [1.165, 1.54) is 7.11 Å². The second kappa shape index (κ2) is 9.80. The van der Waals surface area contributed by atoms with Gasteiger partial charge in [-0.2, -0.15) is 0 Å². The number of methoxy groups -OCH3 is 1. The van der Waals surface area contributed by atoms with Crippen molar-refractivity contribution in [2.75, 3.05) is 19.0 Å². The Labute approximate surface area is 179 Å². The highest BCUT2D eigenvalue weighted by Crippen LogP contribution is 2.22. The minimum absolute atomic E-state index is 0.243. The Hall–Kier alpha value is -3.51. The fourth-order valence-electron chi connectivity index (χ4n) is 2.65. The smallest absolute Gasteiger partial charge is 0.349 e. The molecule has 3 rings (SSSR count). The molecule has 0 radical (unpaired) electrons. The van der Waals surface area contributed by atoms with Gasteiger partial charge in [-0.3, -0.25) is 4.79 Å². The summed E-state index contributed by atoms with van der Waals surface area (Å²) in [5.41, 5.74) is 1.83. The van der Waals surface area contributed by atoms with Gasteiger partial charge in [0.05, 0.1) is 12.7 Å². The first-order valence-electron chi connectivity index (χ1n) is 9.10. The molecule has 0 bridgehead atoms. The van der Waals surface area contributed by atoms with Crippen molar-refractivity contribution in [3.8, 4) is 17.2 Å². The zero-order chi connectivity index (χ0) is 21.5. The van der Waals surface area contributed by atoms with Crippen molar-refractivity contribution in [3.63, 3.8) is 0 Å². The van der Waals surface area contributed by atoms with E-state index >= 15 is 0 Å². The van der Waals surface area contributed by atoms with Gasteiger partial charge in [-0.05, 0) is 67.1 Å². The van der Waals surface area contributed by atoms with Gasteiger partial charge in [0.15, 0.2) is 6.61 Å². The van der Waals surface area contributed by atoms with E-state index in [1.807, 2.05) is 6.92 Å². The summed E-state index contributed by atoms with van der Waals surface area (Å²) < 4.78 is 15.9. The van der Waals surface area contributed by atoms with E-state index in [9.17, 15) is 9.59 Å². The van der Waals surface area contributed by atoms with Crippen LogP contribution in [0.4, 0.5) is 5.69 Å². The number of halogens is 1. The summed E-state index contributed by atoms with van der Waals surface area (Å²) in [5.74, 6) is 0.503. The number of carbonyl (C=O) groups is 2. The molecule has 0 saturated carbocycles. The van der Waals surface area contributed by atoms with E-state index in [4.69, 9.17) is 25.8 Å². The quantitative estimate of drug-likeness (QED) is 0.430. The first-order valence-corrected chi connectivity index (χ1v) is 9.48. The highest BCUT2D eigenvalue weighted by Gasteiger charge is 2.12.